The van der Waals surface area contributed by atoms with Crippen LogP contribution in [0.1, 0.15) is 65.7 Å². The Morgan fingerprint density at radius 2 is 2.18 bits per heavy atom. The number of carbonyl (C=O) groups is 2. The number of hydrogen-bond donors (Lipinski definition) is 1. The van der Waals surface area contributed by atoms with Gasteiger partial charge in [-0.3, -0.25) is 9.59 Å². The minimum Gasteiger partial charge on any atom is -0.462 e. The predicted molar refractivity (Wildman–Crippen MR) is 106 cm³/mol. The molecule has 1 N–H and O–H groups in total. The molecule has 0 spiro atoms. The monoisotopic (exact) mass is 390 g/mol. The van der Waals surface area contributed by atoms with Gasteiger partial charge in [-0.1, -0.05) is 39.0 Å². The molecule has 0 aromatic heterocycles. The average molecular weight is 391 g/mol. The molecule has 0 bridgehead atoms. The van der Waals surface area contributed by atoms with E-state index >= 15 is 0 Å². The summed E-state index contributed by atoms with van der Waals surface area (Å²) in [6.45, 7) is 6.14. The molecular weight excluding hydrogens is 356 g/mol. The lowest BCUT2D eigenvalue weighted by Crippen LogP contribution is -2.40. The van der Waals surface area contributed by atoms with Crippen molar-refractivity contribution >= 4 is 11.9 Å². The maximum atomic E-state index is 12.4. The maximum Gasteiger partial charge on any atom is 0.308 e. The van der Waals surface area contributed by atoms with Crippen molar-refractivity contribution in [1.82, 2.24) is 0 Å². The second kappa shape index (κ2) is 9.25. The molecule has 1 heterocycles. The molecule has 7 atom stereocenters. The molecule has 0 radical (unpaired) electrons. The van der Waals surface area contributed by atoms with Crippen molar-refractivity contribution < 1.29 is 24.2 Å². The number of rotatable bonds is 6. The van der Waals surface area contributed by atoms with Crippen molar-refractivity contribution in [3.8, 4) is 0 Å². The number of ether oxygens (including phenoxy) is 2. The number of cyclic esters (lactones) is 1. The molecule has 2 aliphatic carbocycles. The Kier molecular flexibility index (Phi) is 6.97. The van der Waals surface area contributed by atoms with Crippen LogP contribution >= 0.6 is 0 Å². The number of allylic oxidation sites excluding steroid dienone is 3. The van der Waals surface area contributed by atoms with Crippen LogP contribution in [-0.2, 0) is 19.1 Å². The molecule has 28 heavy (non-hydrogen) atoms. The van der Waals surface area contributed by atoms with Crippen molar-refractivity contribution in [2.45, 2.75) is 84.0 Å². The Morgan fingerprint density at radius 1 is 1.39 bits per heavy atom. The molecule has 1 fully saturated rings. The third-order valence-electron chi connectivity index (χ3n) is 6.69. The topological polar surface area (TPSA) is 72.8 Å². The number of esters is 2. The lowest BCUT2D eigenvalue weighted by Gasteiger charge is -2.42. The van der Waals surface area contributed by atoms with E-state index in [1.165, 1.54) is 5.57 Å². The second-order valence-electron chi connectivity index (χ2n) is 8.76. The highest BCUT2D eigenvalue weighted by Crippen LogP contribution is 2.44. The highest BCUT2D eigenvalue weighted by atomic mass is 16.5. The minimum atomic E-state index is -0.593. The fourth-order valence-corrected chi connectivity index (χ4v) is 4.80. The first-order chi connectivity index (χ1) is 13.4. The molecule has 1 aliphatic heterocycles. The molecule has 1 saturated heterocycles. The zero-order valence-electron chi connectivity index (χ0n) is 17.3. The van der Waals surface area contributed by atoms with Gasteiger partial charge in [-0.15, -0.1) is 0 Å². The fraction of sp³-hybridized carbons (Fsp3) is 0.739. The quantitative estimate of drug-likeness (QED) is 0.695. The summed E-state index contributed by atoms with van der Waals surface area (Å²) >= 11 is 0. The largest absolute Gasteiger partial charge is 0.462 e. The molecule has 0 saturated carbocycles. The van der Waals surface area contributed by atoms with Crippen molar-refractivity contribution in [2.24, 2.45) is 23.7 Å². The van der Waals surface area contributed by atoms with Crippen molar-refractivity contribution in [1.29, 1.82) is 0 Å². The SMILES string of the molecule is CC[C@H](C)C(=O)O[C@@H]1CCC=C2C=C[C@H](C)[C@H](CC[C@@H]3C[C@@H](O)CC(=O)O3)[C@@H]21. The number of aliphatic hydroxyl groups is 1. The van der Waals surface area contributed by atoms with E-state index in [1.54, 1.807) is 0 Å². The summed E-state index contributed by atoms with van der Waals surface area (Å²) in [6, 6.07) is 0. The molecule has 0 aromatic rings. The summed E-state index contributed by atoms with van der Waals surface area (Å²) < 4.78 is 11.4. The third kappa shape index (κ3) is 4.86. The zero-order chi connectivity index (χ0) is 20.3. The van der Waals surface area contributed by atoms with Crippen LogP contribution < -0.4 is 0 Å². The first-order valence-corrected chi connectivity index (χ1v) is 10.8. The Hall–Kier alpha value is -1.62. The maximum absolute atomic E-state index is 12.4. The Morgan fingerprint density at radius 3 is 2.89 bits per heavy atom. The number of carbonyl (C=O) groups excluding carboxylic acids is 2. The minimum absolute atomic E-state index is 0.0764. The van der Waals surface area contributed by atoms with Gasteiger partial charge < -0.3 is 14.6 Å². The second-order valence-corrected chi connectivity index (χ2v) is 8.76. The van der Waals surface area contributed by atoms with Crippen LogP contribution in [0.15, 0.2) is 23.8 Å². The van der Waals surface area contributed by atoms with E-state index < -0.39 is 6.10 Å². The summed E-state index contributed by atoms with van der Waals surface area (Å²) in [6.07, 6.45) is 10.6. The molecular formula is C23H34O5. The van der Waals surface area contributed by atoms with Gasteiger partial charge in [-0.2, -0.15) is 0 Å². The van der Waals surface area contributed by atoms with Gasteiger partial charge in [0.15, 0.2) is 0 Å². The molecule has 0 unspecified atom stereocenters. The van der Waals surface area contributed by atoms with Crippen LogP contribution in [-0.4, -0.2) is 35.4 Å². The van der Waals surface area contributed by atoms with E-state index in [9.17, 15) is 14.7 Å². The number of aliphatic hydroxyl groups excluding tert-OH is 1. The summed E-state index contributed by atoms with van der Waals surface area (Å²) in [5.41, 5.74) is 1.27. The standard InChI is InChI=1S/C23H34O5/c1-4-14(2)23(26)28-20-7-5-6-16-9-8-15(3)19(22(16)20)11-10-18-12-17(24)13-21(25)27-18/h6,8-9,14-15,17-20,22,24H,4-5,7,10-13H2,1-3H3/t14-,15-,17+,18+,19-,20+,22+/m0/s1. The van der Waals surface area contributed by atoms with Crippen LogP contribution in [0, 0.1) is 23.7 Å². The van der Waals surface area contributed by atoms with E-state index in [-0.39, 0.29) is 42.4 Å². The Balaban J connectivity index is 1.70. The van der Waals surface area contributed by atoms with Crippen LogP contribution in [0.4, 0.5) is 0 Å². The fourth-order valence-electron chi connectivity index (χ4n) is 4.80. The molecule has 0 aromatic carbocycles. The van der Waals surface area contributed by atoms with Gasteiger partial charge in [0.05, 0.1) is 18.4 Å². The lowest BCUT2D eigenvalue weighted by molar-refractivity contribution is -0.162. The summed E-state index contributed by atoms with van der Waals surface area (Å²) in [5, 5.41) is 9.86. The van der Waals surface area contributed by atoms with Gasteiger partial charge in [-0.25, -0.2) is 0 Å². The van der Waals surface area contributed by atoms with Gasteiger partial charge in [-0.05, 0) is 49.5 Å². The number of fused-ring (bicyclic) bond motifs is 1. The molecule has 5 nitrogen and oxygen atoms in total. The highest BCUT2D eigenvalue weighted by Gasteiger charge is 2.40. The van der Waals surface area contributed by atoms with Crippen molar-refractivity contribution in [3.63, 3.8) is 0 Å². The average Bonchev–Trinajstić information content (AvgIpc) is 2.66. The highest BCUT2D eigenvalue weighted by molar-refractivity contribution is 5.72. The molecule has 3 rings (SSSR count). The van der Waals surface area contributed by atoms with E-state index in [0.29, 0.717) is 18.3 Å². The van der Waals surface area contributed by atoms with Gasteiger partial charge in [0.1, 0.15) is 12.2 Å². The van der Waals surface area contributed by atoms with E-state index in [2.05, 4.69) is 25.2 Å². The van der Waals surface area contributed by atoms with Crippen LogP contribution in [0.25, 0.3) is 0 Å². The number of hydrogen-bond acceptors (Lipinski definition) is 5. The summed E-state index contributed by atoms with van der Waals surface area (Å²) in [7, 11) is 0. The van der Waals surface area contributed by atoms with E-state index in [4.69, 9.17) is 9.47 Å². The van der Waals surface area contributed by atoms with Crippen LogP contribution in [0.3, 0.4) is 0 Å². The van der Waals surface area contributed by atoms with Gasteiger partial charge in [0, 0.05) is 12.3 Å². The summed E-state index contributed by atoms with van der Waals surface area (Å²) in [4.78, 5) is 24.1. The van der Waals surface area contributed by atoms with Gasteiger partial charge in [0.2, 0.25) is 0 Å². The van der Waals surface area contributed by atoms with Crippen molar-refractivity contribution in [2.75, 3.05) is 0 Å². The van der Waals surface area contributed by atoms with Crippen LogP contribution in [0.2, 0.25) is 0 Å². The van der Waals surface area contributed by atoms with E-state index in [0.717, 1.165) is 32.1 Å². The predicted octanol–water partition coefficient (Wildman–Crippen LogP) is 3.95. The van der Waals surface area contributed by atoms with E-state index in [1.807, 2.05) is 13.8 Å². The van der Waals surface area contributed by atoms with Gasteiger partial charge in [0.25, 0.3) is 0 Å². The van der Waals surface area contributed by atoms with Crippen molar-refractivity contribution in [3.05, 3.63) is 23.8 Å². The molecule has 3 aliphatic rings. The zero-order valence-corrected chi connectivity index (χ0v) is 17.3. The molecule has 5 heteroatoms. The smallest absolute Gasteiger partial charge is 0.308 e. The Labute approximate surface area is 168 Å². The van der Waals surface area contributed by atoms with Crippen LogP contribution in [0.5, 0.6) is 0 Å². The molecule has 0 amide bonds. The van der Waals surface area contributed by atoms with Gasteiger partial charge >= 0.3 is 11.9 Å². The normalized spacial score (nSPS) is 36.1. The third-order valence-corrected chi connectivity index (χ3v) is 6.69. The first kappa shape index (κ1) is 21.1. The Bertz CT molecular complexity index is 637. The summed E-state index contributed by atoms with van der Waals surface area (Å²) in [5.74, 6) is 0.426. The first-order valence-electron chi connectivity index (χ1n) is 10.8. The molecule has 156 valence electrons. The lowest BCUT2D eigenvalue weighted by atomic mass is 9.66.